The van der Waals surface area contributed by atoms with Crippen LogP contribution in [0.15, 0.2) is 60.7 Å². The van der Waals surface area contributed by atoms with E-state index in [4.69, 9.17) is 14.2 Å². The molecule has 0 aromatic heterocycles. The fraction of sp³-hybridized carbons (Fsp3) is 0.483. The summed E-state index contributed by atoms with van der Waals surface area (Å²) in [7, 11) is 0. The van der Waals surface area contributed by atoms with E-state index < -0.39 is 41.8 Å². The molecule has 1 aliphatic rings. The van der Waals surface area contributed by atoms with Gasteiger partial charge in [0.05, 0.1) is 25.4 Å². The molecule has 0 unspecified atom stereocenters. The van der Waals surface area contributed by atoms with Gasteiger partial charge in [-0.2, -0.15) is 0 Å². The first-order valence-electron chi connectivity index (χ1n) is 12.8. The SMILES string of the molecule is CCOC(=O)[C@H]1CC[C@@H](c2ccccc2)N1C(=O)[C@@H](NC(=O)OC(C)(C)C)[C@@H](C)OCc1ccccc1. The second-order valence-electron chi connectivity index (χ2n) is 10.1. The highest BCUT2D eigenvalue weighted by molar-refractivity contribution is 5.91. The van der Waals surface area contributed by atoms with Crippen molar-refractivity contribution in [1.29, 1.82) is 0 Å². The molecule has 1 saturated heterocycles. The van der Waals surface area contributed by atoms with E-state index in [1.165, 1.54) is 0 Å². The van der Waals surface area contributed by atoms with E-state index in [0.29, 0.717) is 12.8 Å². The Labute approximate surface area is 219 Å². The molecule has 0 aliphatic carbocycles. The number of nitrogens with one attached hydrogen (secondary N) is 1. The molecule has 8 heteroatoms. The average Bonchev–Trinajstić information content (AvgIpc) is 3.31. The van der Waals surface area contributed by atoms with Crippen LogP contribution >= 0.6 is 0 Å². The fourth-order valence-corrected chi connectivity index (χ4v) is 4.46. The molecular weight excluding hydrogens is 472 g/mol. The maximum Gasteiger partial charge on any atom is 0.408 e. The third-order valence-electron chi connectivity index (χ3n) is 6.15. The number of carbonyl (C=O) groups excluding carboxylic acids is 3. The van der Waals surface area contributed by atoms with Gasteiger partial charge in [0.1, 0.15) is 17.7 Å². The smallest absolute Gasteiger partial charge is 0.408 e. The normalized spacial score (nSPS) is 19.1. The van der Waals surface area contributed by atoms with Crippen LogP contribution in [0.25, 0.3) is 0 Å². The molecule has 4 atom stereocenters. The summed E-state index contributed by atoms with van der Waals surface area (Å²) in [5.41, 5.74) is 1.10. The predicted octanol–water partition coefficient (Wildman–Crippen LogP) is 4.78. The highest BCUT2D eigenvalue weighted by Gasteiger charge is 2.46. The van der Waals surface area contributed by atoms with Gasteiger partial charge < -0.3 is 24.4 Å². The Kier molecular flexibility index (Phi) is 9.69. The van der Waals surface area contributed by atoms with E-state index in [-0.39, 0.29) is 19.3 Å². The van der Waals surface area contributed by atoms with E-state index in [0.717, 1.165) is 11.1 Å². The minimum Gasteiger partial charge on any atom is -0.464 e. The second kappa shape index (κ2) is 12.7. The number of carbonyl (C=O) groups is 3. The standard InChI is InChI=1S/C29H38N2O6/c1-6-35-27(33)24-18-17-23(22-15-11-8-12-16-22)31(24)26(32)25(30-28(34)37-29(3,4)5)20(2)36-19-21-13-9-7-10-14-21/h7-16,20,23-25H,6,17-19H2,1-5H3,(H,30,34)/t20-,23+,24-,25+/m1/s1. The maximum atomic E-state index is 14.2. The van der Waals surface area contributed by atoms with E-state index >= 15 is 0 Å². The predicted molar refractivity (Wildman–Crippen MR) is 140 cm³/mol. The molecular formula is C29H38N2O6. The number of rotatable bonds is 9. The summed E-state index contributed by atoms with van der Waals surface area (Å²) in [4.78, 5) is 41.4. The highest BCUT2D eigenvalue weighted by Crippen LogP contribution is 2.37. The number of hydrogen-bond donors (Lipinski definition) is 1. The lowest BCUT2D eigenvalue weighted by Crippen LogP contribution is -2.57. The summed E-state index contributed by atoms with van der Waals surface area (Å²) >= 11 is 0. The van der Waals surface area contributed by atoms with Gasteiger partial charge in [-0.15, -0.1) is 0 Å². The Morgan fingerprint density at radius 3 is 2.22 bits per heavy atom. The van der Waals surface area contributed by atoms with Crippen molar-refractivity contribution < 1.29 is 28.6 Å². The maximum absolute atomic E-state index is 14.2. The van der Waals surface area contributed by atoms with Crippen molar-refractivity contribution in [2.45, 2.75) is 83.9 Å². The second-order valence-corrected chi connectivity index (χ2v) is 10.1. The van der Waals surface area contributed by atoms with Gasteiger partial charge in [0.2, 0.25) is 5.91 Å². The number of nitrogens with zero attached hydrogens (tertiary/aromatic N) is 1. The fourth-order valence-electron chi connectivity index (χ4n) is 4.46. The summed E-state index contributed by atoms with van der Waals surface area (Å²) in [6.07, 6.45) is -0.385. The van der Waals surface area contributed by atoms with Crippen molar-refractivity contribution in [2.75, 3.05) is 6.61 Å². The van der Waals surface area contributed by atoms with Crippen LogP contribution in [0, 0.1) is 0 Å². The van der Waals surface area contributed by atoms with Gasteiger partial charge in [0.25, 0.3) is 0 Å². The van der Waals surface area contributed by atoms with E-state index in [2.05, 4.69) is 5.32 Å². The van der Waals surface area contributed by atoms with Crippen LogP contribution in [-0.2, 0) is 30.4 Å². The number of benzene rings is 2. The van der Waals surface area contributed by atoms with E-state index in [9.17, 15) is 14.4 Å². The molecule has 2 aromatic carbocycles. The molecule has 0 saturated carbocycles. The molecule has 2 aromatic rings. The van der Waals surface area contributed by atoms with Crippen LogP contribution in [0.4, 0.5) is 4.79 Å². The number of likely N-dealkylation sites (tertiary alicyclic amines) is 1. The number of amides is 2. The van der Waals surface area contributed by atoms with Gasteiger partial charge in [0.15, 0.2) is 0 Å². The van der Waals surface area contributed by atoms with Crippen LogP contribution in [-0.4, -0.2) is 53.3 Å². The first-order chi connectivity index (χ1) is 17.6. The van der Waals surface area contributed by atoms with E-state index in [1.54, 1.807) is 39.5 Å². The van der Waals surface area contributed by atoms with Crippen molar-refractivity contribution in [1.82, 2.24) is 10.2 Å². The summed E-state index contributed by atoms with van der Waals surface area (Å²) < 4.78 is 16.8. The van der Waals surface area contributed by atoms with E-state index in [1.807, 2.05) is 60.7 Å². The first-order valence-corrected chi connectivity index (χ1v) is 12.8. The summed E-state index contributed by atoms with van der Waals surface area (Å²) in [5.74, 6) is -0.876. The molecule has 8 nitrogen and oxygen atoms in total. The quantitative estimate of drug-likeness (QED) is 0.488. The molecule has 1 N–H and O–H groups in total. The molecule has 3 rings (SSSR count). The Morgan fingerprint density at radius 1 is 1.00 bits per heavy atom. The van der Waals surface area contributed by atoms with Crippen LogP contribution in [0.3, 0.4) is 0 Å². The zero-order chi connectivity index (χ0) is 27.0. The molecule has 1 heterocycles. The van der Waals surface area contributed by atoms with Gasteiger partial charge in [-0.3, -0.25) is 4.79 Å². The number of hydrogen-bond acceptors (Lipinski definition) is 6. The van der Waals surface area contributed by atoms with Crippen LogP contribution in [0.5, 0.6) is 0 Å². The van der Waals surface area contributed by atoms with Crippen molar-refractivity contribution >= 4 is 18.0 Å². The van der Waals surface area contributed by atoms with Gasteiger partial charge >= 0.3 is 12.1 Å². The Bertz CT molecular complexity index is 1040. The number of alkyl carbamates (subject to hydrolysis) is 1. The minimum atomic E-state index is -1.08. The highest BCUT2D eigenvalue weighted by atomic mass is 16.6. The van der Waals surface area contributed by atoms with Gasteiger partial charge in [-0.1, -0.05) is 60.7 Å². The van der Waals surface area contributed by atoms with Crippen molar-refractivity contribution in [2.24, 2.45) is 0 Å². The van der Waals surface area contributed by atoms with Crippen molar-refractivity contribution in [3.63, 3.8) is 0 Å². The Balaban J connectivity index is 1.91. The zero-order valence-electron chi connectivity index (χ0n) is 22.3. The number of esters is 1. The largest absolute Gasteiger partial charge is 0.464 e. The molecule has 37 heavy (non-hydrogen) atoms. The third-order valence-corrected chi connectivity index (χ3v) is 6.15. The van der Waals surface area contributed by atoms with Crippen molar-refractivity contribution in [3.05, 3.63) is 71.8 Å². The third kappa shape index (κ3) is 7.79. The first kappa shape index (κ1) is 28.2. The summed E-state index contributed by atoms with van der Waals surface area (Å²) in [5, 5.41) is 2.72. The lowest BCUT2D eigenvalue weighted by Gasteiger charge is -2.35. The van der Waals surface area contributed by atoms with Gasteiger partial charge in [0, 0.05) is 0 Å². The summed E-state index contributed by atoms with van der Waals surface area (Å²) in [6, 6.07) is 17.0. The van der Waals surface area contributed by atoms with Crippen LogP contribution in [0.2, 0.25) is 0 Å². The van der Waals surface area contributed by atoms with Crippen molar-refractivity contribution in [3.8, 4) is 0 Å². The van der Waals surface area contributed by atoms with Crippen LogP contribution in [0.1, 0.15) is 64.6 Å². The molecule has 200 valence electrons. The molecule has 1 fully saturated rings. The average molecular weight is 511 g/mol. The topological polar surface area (TPSA) is 94.2 Å². The lowest BCUT2D eigenvalue weighted by molar-refractivity contribution is -0.156. The lowest BCUT2D eigenvalue weighted by atomic mass is 10.0. The van der Waals surface area contributed by atoms with Gasteiger partial charge in [-0.05, 0) is 58.6 Å². The molecule has 0 bridgehead atoms. The Hall–Kier alpha value is -3.39. The number of ether oxygens (including phenoxy) is 3. The molecule has 0 spiro atoms. The molecule has 0 radical (unpaired) electrons. The van der Waals surface area contributed by atoms with Gasteiger partial charge in [-0.25, -0.2) is 9.59 Å². The van der Waals surface area contributed by atoms with Crippen LogP contribution < -0.4 is 5.32 Å². The zero-order valence-corrected chi connectivity index (χ0v) is 22.3. The molecule has 1 aliphatic heterocycles. The molecule has 2 amide bonds. The summed E-state index contributed by atoms with van der Waals surface area (Å²) in [6.45, 7) is 9.19. The Morgan fingerprint density at radius 2 is 1.62 bits per heavy atom. The minimum absolute atomic E-state index is 0.212. The monoisotopic (exact) mass is 510 g/mol.